The van der Waals surface area contributed by atoms with Crippen LogP contribution in [0.3, 0.4) is 0 Å². The summed E-state index contributed by atoms with van der Waals surface area (Å²) in [5, 5.41) is 32.4. The van der Waals surface area contributed by atoms with Crippen LogP contribution in [0.5, 0.6) is 5.75 Å². The van der Waals surface area contributed by atoms with Crippen LogP contribution in [-0.2, 0) is 0 Å². The first-order chi connectivity index (χ1) is 7.54. The molecule has 0 aromatic heterocycles. The van der Waals surface area contributed by atoms with Crippen molar-refractivity contribution in [3.05, 3.63) is 29.8 Å². The predicted octanol–water partition coefficient (Wildman–Crippen LogP) is 1.25. The highest BCUT2D eigenvalue weighted by Gasteiger charge is 2.05. The number of phenols is 1. The van der Waals surface area contributed by atoms with Crippen molar-refractivity contribution in [3.8, 4) is 5.75 Å². The maximum atomic E-state index is 10.3. The van der Waals surface area contributed by atoms with Crippen molar-refractivity contribution in [1.82, 2.24) is 6.15 Å². The fraction of sp³-hybridized carbons (Fsp3) is 0.364. The van der Waals surface area contributed by atoms with E-state index in [9.17, 15) is 4.79 Å². The van der Waals surface area contributed by atoms with E-state index >= 15 is 0 Å². The van der Waals surface area contributed by atoms with Gasteiger partial charge in [-0.25, -0.2) is 4.79 Å². The normalized spacial score (nSPS) is 7.53. The average molecular weight is 247 g/mol. The Balaban J connectivity index is -0.000000240. The van der Waals surface area contributed by atoms with E-state index < -0.39 is 5.97 Å². The van der Waals surface area contributed by atoms with Crippen LogP contribution in [0.15, 0.2) is 24.3 Å². The Morgan fingerprint density at radius 3 is 1.71 bits per heavy atom. The molecule has 6 nitrogen and oxygen atoms in total. The summed E-state index contributed by atoms with van der Waals surface area (Å²) in [5.74, 6) is -1.31. The first-order valence-electron chi connectivity index (χ1n) is 4.78. The number of aliphatic hydroxyl groups is 2. The fourth-order valence-corrected chi connectivity index (χ4v) is 0.654. The smallest absolute Gasteiger partial charge is 0.339 e. The largest absolute Gasteiger partial charge is 0.507 e. The molecular formula is C11H21NO5. The number of rotatable bonds is 1. The first kappa shape index (κ1) is 20.7. The average Bonchev–Trinajstić information content (AvgIpc) is 2.20. The zero-order valence-corrected chi connectivity index (χ0v) is 10.1. The maximum Gasteiger partial charge on any atom is 0.339 e. The van der Waals surface area contributed by atoms with Crippen LogP contribution in [0, 0.1) is 0 Å². The molecule has 0 aliphatic heterocycles. The van der Waals surface area contributed by atoms with E-state index in [0.29, 0.717) is 0 Å². The summed E-state index contributed by atoms with van der Waals surface area (Å²) >= 11 is 0. The lowest BCUT2D eigenvalue weighted by molar-refractivity contribution is 0.0693. The van der Waals surface area contributed by atoms with Crippen LogP contribution in [0.25, 0.3) is 0 Å². The van der Waals surface area contributed by atoms with Gasteiger partial charge in [0.25, 0.3) is 0 Å². The molecular weight excluding hydrogens is 226 g/mol. The van der Waals surface area contributed by atoms with Crippen molar-refractivity contribution >= 4 is 5.97 Å². The predicted molar refractivity (Wildman–Crippen MR) is 65.6 cm³/mol. The Bertz CT molecular complexity index is 289. The van der Waals surface area contributed by atoms with E-state index in [1.54, 1.807) is 26.0 Å². The minimum absolute atomic E-state index is 0. The highest BCUT2D eigenvalue weighted by molar-refractivity contribution is 5.90. The maximum absolute atomic E-state index is 10.3. The van der Waals surface area contributed by atoms with Crippen LogP contribution in [0.2, 0.25) is 0 Å². The molecule has 0 heterocycles. The van der Waals surface area contributed by atoms with Crippen molar-refractivity contribution in [2.24, 2.45) is 0 Å². The summed E-state index contributed by atoms with van der Waals surface area (Å²) in [6, 6.07) is 5.81. The summed E-state index contributed by atoms with van der Waals surface area (Å²) in [6.07, 6.45) is 0. The van der Waals surface area contributed by atoms with E-state index in [0.717, 1.165) is 0 Å². The number of aromatic hydroxyl groups is 1. The summed E-state index contributed by atoms with van der Waals surface area (Å²) in [7, 11) is 0. The number of para-hydroxylation sites is 1. The second kappa shape index (κ2) is 14.4. The van der Waals surface area contributed by atoms with Crippen LogP contribution < -0.4 is 6.15 Å². The highest BCUT2D eigenvalue weighted by Crippen LogP contribution is 2.14. The third-order valence-electron chi connectivity index (χ3n) is 1.13. The second-order valence-corrected chi connectivity index (χ2v) is 2.45. The van der Waals surface area contributed by atoms with E-state index in [2.05, 4.69) is 0 Å². The van der Waals surface area contributed by atoms with Crippen molar-refractivity contribution < 1.29 is 25.2 Å². The number of carboxylic acid groups (broad SMARTS) is 1. The third-order valence-corrected chi connectivity index (χ3v) is 1.13. The van der Waals surface area contributed by atoms with Gasteiger partial charge in [-0.3, -0.25) is 0 Å². The summed E-state index contributed by atoms with van der Waals surface area (Å²) in [6.45, 7) is 3.86. The van der Waals surface area contributed by atoms with Gasteiger partial charge < -0.3 is 26.6 Å². The number of hydrogen-bond acceptors (Lipinski definition) is 5. The van der Waals surface area contributed by atoms with E-state index in [1.165, 1.54) is 12.1 Å². The molecule has 6 heteroatoms. The molecule has 0 fully saturated rings. The lowest BCUT2D eigenvalue weighted by Gasteiger charge is -1.95. The molecule has 0 spiro atoms. The molecule has 0 atom stereocenters. The number of aromatic carboxylic acids is 1. The number of benzene rings is 1. The van der Waals surface area contributed by atoms with E-state index in [1.807, 2.05) is 0 Å². The Morgan fingerprint density at radius 1 is 1.12 bits per heavy atom. The van der Waals surface area contributed by atoms with Gasteiger partial charge in [-0.2, -0.15) is 0 Å². The Kier molecular flexibility index (Phi) is 17.5. The second-order valence-electron chi connectivity index (χ2n) is 2.45. The lowest BCUT2D eigenvalue weighted by atomic mass is 10.2. The molecule has 0 amide bonds. The molecule has 17 heavy (non-hydrogen) atoms. The van der Waals surface area contributed by atoms with E-state index in [4.69, 9.17) is 20.4 Å². The zero-order chi connectivity index (χ0) is 13.0. The first-order valence-corrected chi connectivity index (χ1v) is 4.78. The summed E-state index contributed by atoms with van der Waals surface area (Å²) in [4.78, 5) is 10.3. The molecule has 0 radical (unpaired) electrons. The molecule has 100 valence electrons. The number of carbonyl (C=O) groups is 1. The number of aliphatic hydroxyl groups excluding tert-OH is 2. The molecule has 1 rings (SSSR count). The van der Waals surface area contributed by atoms with Crippen LogP contribution in [-0.4, -0.2) is 39.6 Å². The van der Waals surface area contributed by atoms with Gasteiger partial charge in [0.05, 0.1) is 0 Å². The van der Waals surface area contributed by atoms with Gasteiger partial charge >= 0.3 is 5.97 Å². The standard InChI is InChI=1S/C7H6O3.2C2H6O.H3N/c8-6-4-2-1-3-5(6)7(9)10;2*1-2-3;/h1-4,8H,(H,9,10);2*3H,2H2,1H3;1H3. The number of hydrogen-bond donors (Lipinski definition) is 5. The minimum Gasteiger partial charge on any atom is -0.507 e. The summed E-state index contributed by atoms with van der Waals surface area (Å²) in [5.41, 5.74) is -0.0671. The molecule has 0 aliphatic rings. The molecule has 0 saturated carbocycles. The molecule has 0 bridgehead atoms. The zero-order valence-electron chi connectivity index (χ0n) is 10.1. The fourth-order valence-electron chi connectivity index (χ4n) is 0.654. The van der Waals surface area contributed by atoms with Gasteiger partial charge in [-0.1, -0.05) is 12.1 Å². The van der Waals surface area contributed by atoms with Crippen molar-refractivity contribution in [1.29, 1.82) is 0 Å². The molecule has 0 saturated heterocycles. The van der Waals surface area contributed by atoms with Crippen LogP contribution in [0.4, 0.5) is 0 Å². The molecule has 0 unspecified atom stereocenters. The van der Waals surface area contributed by atoms with Crippen molar-refractivity contribution in [3.63, 3.8) is 0 Å². The Hall–Kier alpha value is -1.63. The van der Waals surface area contributed by atoms with Gasteiger partial charge in [0.2, 0.25) is 0 Å². The van der Waals surface area contributed by atoms with Crippen LogP contribution in [0.1, 0.15) is 24.2 Å². The van der Waals surface area contributed by atoms with Gasteiger partial charge in [-0.05, 0) is 26.0 Å². The molecule has 1 aromatic rings. The molecule has 0 aliphatic carbocycles. The van der Waals surface area contributed by atoms with Gasteiger partial charge in [0, 0.05) is 13.2 Å². The van der Waals surface area contributed by atoms with E-state index in [-0.39, 0.29) is 30.7 Å². The molecule has 1 aromatic carbocycles. The lowest BCUT2D eigenvalue weighted by Crippen LogP contribution is -1.95. The van der Waals surface area contributed by atoms with Crippen molar-refractivity contribution in [2.75, 3.05) is 13.2 Å². The van der Waals surface area contributed by atoms with Gasteiger partial charge in [0.15, 0.2) is 0 Å². The minimum atomic E-state index is -1.11. The Morgan fingerprint density at radius 2 is 1.47 bits per heavy atom. The Labute approximate surface area is 101 Å². The SMILES string of the molecule is CCO.CCO.N.O=C(O)c1ccccc1O. The van der Waals surface area contributed by atoms with Gasteiger partial charge in [0.1, 0.15) is 11.3 Å². The third kappa shape index (κ3) is 12.3. The summed E-state index contributed by atoms with van der Waals surface area (Å²) < 4.78 is 0. The highest BCUT2D eigenvalue weighted by atomic mass is 16.4. The quantitative estimate of drug-likeness (QED) is 0.507. The van der Waals surface area contributed by atoms with Crippen molar-refractivity contribution in [2.45, 2.75) is 13.8 Å². The van der Waals surface area contributed by atoms with Gasteiger partial charge in [-0.15, -0.1) is 0 Å². The van der Waals surface area contributed by atoms with Crippen LogP contribution >= 0.6 is 0 Å². The topological polar surface area (TPSA) is 133 Å². The number of carboxylic acids is 1. The molecule has 7 N–H and O–H groups in total. The monoisotopic (exact) mass is 247 g/mol.